The zero-order valence-corrected chi connectivity index (χ0v) is 9.31. The van der Waals surface area contributed by atoms with Crippen molar-refractivity contribution in [1.82, 2.24) is 0 Å². The molecule has 0 unspecified atom stereocenters. The molecule has 0 aromatic carbocycles. The predicted octanol–water partition coefficient (Wildman–Crippen LogP) is 1.81. The second-order valence-corrected chi connectivity index (χ2v) is 6.76. The maximum Gasteiger partial charge on any atom is 0.0948 e. The molecule has 0 atom stereocenters. The van der Waals surface area contributed by atoms with Crippen LogP contribution in [0.4, 0.5) is 0 Å². The molecule has 0 radical (unpaired) electrons. The van der Waals surface area contributed by atoms with Gasteiger partial charge in [-0.15, -0.1) is 0 Å². The Labute approximate surface area is 72.6 Å². The predicted molar refractivity (Wildman–Crippen MR) is 53.3 cm³/mol. The summed E-state index contributed by atoms with van der Waals surface area (Å²) in [5.74, 6) is 0.952. The van der Waals surface area contributed by atoms with Gasteiger partial charge in [0.25, 0.3) is 0 Å². The molecule has 1 aliphatic carbocycles. The van der Waals surface area contributed by atoms with E-state index in [1.165, 1.54) is 32.1 Å². The van der Waals surface area contributed by atoms with Crippen LogP contribution in [-0.4, -0.2) is 9.68 Å². The zero-order chi connectivity index (χ0) is 8.32. The summed E-state index contributed by atoms with van der Waals surface area (Å²) in [5.41, 5.74) is 0. The van der Waals surface area contributed by atoms with Crippen LogP contribution in [0.3, 0.4) is 0 Å². The third kappa shape index (κ3) is 2.31. The van der Waals surface area contributed by atoms with E-state index in [-0.39, 0.29) is 9.68 Å². The Morgan fingerprint density at radius 1 is 1.18 bits per heavy atom. The van der Waals surface area contributed by atoms with Gasteiger partial charge in [-0.2, -0.15) is 0 Å². The molecule has 1 aliphatic rings. The van der Waals surface area contributed by atoms with E-state index in [1.807, 2.05) is 0 Å². The van der Waals surface area contributed by atoms with Gasteiger partial charge < -0.3 is 5.40 Å². The van der Waals surface area contributed by atoms with Crippen molar-refractivity contribution in [3.05, 3.63) is 0 Å². The molecule has 0 aliphatic heterocycles. The van der Waals surface area contributed by atoms with Crippen molar-refractivity contribution in [1.29, 1.82) is 0 Å². The van der Waals surface area contributed by atoms with Gasteiger partial charge in [-0.1, -0.05) is 46.0 Å². The first-order chi connectivity index (χ1) is 5.17. The Hall–Kier alpha value is 0.177. The smallest absolute Gasteiger partial charge is 0.0948 e. The van der Waals surface area contributed by atoms with Gasteiger partial charge in [-0.05, 0) is 11.0 Å². The second-order valence-electron chi connectivity index (χ2n) is 4.53. The van der Waals surface area contributed by atoms with Gasteiger partial charge in [-0.3, -0.25) is 0 Å². The Kier molecular flexibility index (Phi) is 3.13. The first kappa shape index (κ1) is 9.27. The van der Waals surface area contributed by atoms with Crippen LogP contribution >= 0.6 is 0 Å². The van der Waals surface area contributed by atoms with E-state index in [4.69, 9.17) is 5.40 Å². The van der Waals surface area contributed by atoms with Crippen LogP contribution in [0.15, 0.2) is 0 Å². The van der Waals surface area contributed by atoms with E-state index in [1.54, 1.807) is 0 Å². The lowest BCUT2D eigenvalue weighted by molar-refractivity contribution is 0.289. The molecule has 0 heterocycles. The third-order valence-corrected chi connectivity index (χ3v) is 4.87. The van der Waals surface area contributed by atoms with E-state index < -0.39 is 0 Å². The summed E-state index contributed by atoms with van der Waals surface area (Å²) in [5, 5.41) is 6.40. The lowest BCUT2D eigenvalue weighted by Crippen LogP contribution is -2.30. The first-order valence-electron chi connectivity index (χ1n) is 4.87. The monoisotopic (exact) mass is 171 g/mol. The maximum absolute atomic E-state index is 5.88. The van der Waals surface area contributed by atoms with Gasteiger partial charge >= 0.3 is 0 Å². The normalized spacial score (nSPS) is 23.2. The molecule has 2 N–H and O–H groups in total. The summed E-state index contributed by atoms with van der Waals surface area (Å²) in [6, 6.07) is 0. The van der Waals surface area contributed by atoms with Gasteiger partial charge in [0.15, 0.2) is 0 Å². The Morgan fingerprint density at radius 2 is 1.73 bits per heavy atom. The fourth-order valence-corrected chi connectivity index (χ4v) is 2.79. The average molecular weight is 171 g/mol. The Balaban J connectivity index is 2.43. The van der Waals surface area contributed by atoms with E-state index >= 15 is 0 Å². The number of nitrogens with two attached hydrogens (primary N) is 1. The lowest BCUT2D eigenvalue weighted by Gasteiger charge is -2.35. The highest BCUT2D eigenvalue weighted by molar-refractivity contribution is 6.35. The summed E-state index contributed by atoms with van der Waals surface area (Å²) in [6.45, 7) is 4.74. The maximum atomic E-state index is 5.88. The highest BCUT2D eigenvalue weighted by Crippen LogP contribution is 2.41. The van der Waals surface area contributed by atoms with Crippen LogP contribution in [0.5, 0.6) is 0 Å². The first-order valence-corrected chi connectivity index (χ1v) is 6.39. The Bertz CT molecular complexity index is 117. The highest BCUT2D eigenvalue weighted by Gasteiger charge is 2.29. The van der Waals surface area contributed by atoms with Crippen LogP contribution in [0, 0.1) is 5.92 Å². The molecule has 1 fully saturated rings. The van der Waals surface area contributed by atoms with E-state index in [0.29, 0.717) is 5.04 Å². The molecule has 1 rings (SSSR count). The molecule has 0 amide bonds. The molecule has 0 spiro atoms. The van der Waals surface area contributed by atoms with Crippen molar-refractivity contribution in [2.24, 2.45) is 11.3 Å². The lowest BCUT2D eigenvalue weighted by atomic mass is 9.81. The minimum atomic E-state index is -0.303. The van der Waals surface area contributed by atoms with E-state index in [0.717, 1.165) is 5.92 Å². The van der Waals surface area contributed by atoms with Crippen LogP contribution in [0.2, 0.25) is 5.04 Å². The minimum absolute atomic E-state index is 0.303. The SMILES string of the molecule is CC(C)([SiH2]N)C1CCCCC1. The summed E-state index contributed by atoms with van der Waals surface area (Å²) in [4.78, 5) is 0. The highest BCUT2D eigenvalue weighted by atomic mass is 28.2. The van der Waals surface area contributed by atoms with Crippen molar-refractivity contribution in [2.45, 2.75) is 51.0 Å². The van der Waals surface area contributed by atoms with Crippen LogP contribution in [-0.2, 0) is 0 Å². The molecule has 1 saturated carbocycles. The molecular weight excluding hydrogens is 150 g/mol. The molecule has 0 saturated heterocycles. The van der Waals surface area contributed by atoms with Gasteiger partial charge in [0.1, 0.15) is 0 Å². The number of hydrogen-bond donors (Lipinski definition) is 1. The van der Waals surface area contributed by atoms with Crippen molar-refractivity contribution < 1.29 is 0 Å². The molecule has 1 nitrogen and oxygen atoms in total. The fourth-order valence-electron chi connectivity index (χ4n) is 2.05. The van der Waals surface area contributed by atoms with Crippen molar-refractivity contribution in [3.8, 4) is 0 Å². The fraction of sp³-hybridized carbons (Fsp3) is 1.00. The van der Waals surface area contributed by atoms with Gasteiger partial charge in [0, 0.05) is 0 Å². The number of hydrogen-bond acceptors (Lipinski definition) is 1. The molecule has 0 bridgehead atoms. The van der Waals surface area contributed by atoms with E-state index in [2.05, 4.69) is 13.8 Å². The van der Waals surface area contributed by atoms with E-state index in [9.17, 15) is 0 Å². The molecule has 2 heteroatoms. The van der Waals surface area contributed by atoms with Crippen LogP contribution in [0.25, 0.3) is 0 Å². The topological polar surface area (TPSA) is 26.0 Å². The van der Waals surface area contributed by atoms with Gasteiger partial charge in [0.2, 0.25) is 0 Å². The molecule has 0 aromatic heterocycles. The summed E-state index contributed by atoms with van der Waals surface area (Å²) < 4.78 is 0. The van der Waals surface area contributed by atoms with Crippen LogP contribution in [0.1, 0.15) is 46.0 Å². The third-order valence-electron chi connectivity index (χ3n) is 3.24. The Morgan fingerprint density at radius 3 is 2.18 bits per heavy atom. The molecule has 0 aromatic rings. The van der Waals surface area contributed by atoms with Crippen molar-refractivity contribution >= 4 is 9.68 Å². The second kappa shape index (κ2) is 3.72. The quantitative estimate of drug-likeness (QED) is 0.630. The average Bonchev–Trinajstić information content (AvgIpc) is 2.06. The zero-order valence-electron chi connectivity index (χ0n) is 7.90. The molecule has 66 valence electrons. The summed E-state index contributed by atoms with van der Waals surface area (Å²) >= 11 is 0. The summed E-state index contributed by atoms with van der Waals surface area (Å²) in [6.07, 6.45) is 7.23. The molecule has 11 heavy (non-hydrogen) atoms. The van der Waals surface area contributed by atoms with Crippen molar-refractivity contribution in [2.75, 3.05) is 0 Å². The van der Waals surface area contributed by atoms with Gasteiger partial charge in [-0.25, -0.2) is 0 Å². The standard InChI is InChI=1S/C9H21NSi/c1-9(2,11-10)8-6-4-3-5-7-8/h8H,3-7,10-11H2,1-2H3. The largest absolute Gasteiger partial charge is 0.355 e. The van der Waals surface area contributed by atoms with Crippen molar-refractivity contribution in [3.63, 3.8) is 0 Å². The number of rotatable bonds is 2. The summed E-state index contributed by atoms with van der Waals surface area (Å²) in [7, 11) is -0.303. The van der Waals surface area contributed by atoms with Gasteiger partial charge in [0.05, 0.1) is 9.68 Å². The van der Waals surface area contributed by atoms with Crippen LogP contribution < -0.4 is 5.40 Å². The molecular formula is C9H21NSi. The minimum Gasteiger partial charge on any atom is -0.355 e.